The maximum Gasteiger partial charge on any atom is 0.270 e. The van der Waals surface area contributed by atoms with Crippen molar-refractivity contribution in [2.24, 2.45) is 0 Å². The molecule has 1 aliphatic rings. The molecule has 0 spiro atoms. The van der Waals surface area contributed by atoms with E-state index in [0.717, 1.165) is 11.4 Å². The van der Waals surface area contributed by atoms with E-state index in [9.17, 15) is 9.90 Å². The summed E-state index contributed by atoms with van der Waals surface area (Å²) in [7, 11) is 3.91. The molecule has 0 unspecified atom stereocenters. The first kappa shape index (κ1) is 20.5. The van der Waals surface area contributed by atoms with Crippen molar-refractivity contribution < 1.29 is 14.6 Å². The Labute approximate surface area is 178 Å². The Morgan fingerprint density at radius 2 is 1.96 bits per heavy atom. The van der Waals surface area contributed by atoms with Crippen LogP contribution >= 0.6 is 35.6 Å². The fourth-order valence-corrected chi connectivity index (χ4v) is 4.20. The number of phenols is 1. The van der Waals surface area contributed by atoms with E-state index in [0.29, 0.717) is 21.4 Å². The molecule has 28 heavy (non-hydrogen) atoms. The van der Waals surface area contributed by atoms with E-state index in [1.54, 1.807) is 18.2 Å². The molecule has 0 aliphatic carbocycles. The second-order valence-corrected chi connectivity index (χ2v) is 8.29. The minimum Gasteiger partial charge on any atom is -0.503 e. The molecule has 1 amide bonds. The van der Waals surface area contributed by atoms with E-state index in [4.69, 9.17) is 28.6 Å². The summed E-state index contributed by atoms with van der Waals surface area (Å²) >= 11 is 12.7. The smallest absolute Gasteiger partial charge is 0.270 e. The van der Waals surface area contributed by atoms with Crippen molar-refractivity contribution in [3.05, 3.63) is 51.9 Å². The van der Waals surface area contributed by atoms with E-state index in [2.05, 4.69) is 0 Å². The highest BCUT2D eigenvalue weighted by Gasteiger charge is 2.33. The molecule has 2 aromatic carbocycles. The van der Waals surface area contributed by atoms with Gasteiger partial charge in [-0.15, -0.1) is 0 Å². The zero-order valence-corrected chi connectivity index (χ0v) is 18.0. The van der Waals surface area contributed by atoms with Gasteiger partial charge in [0.15, 0.2) is 15.8 Å². The Hall–Kier alpha value is -2.22. The molecule has 0 saturated carbocycles. The van der Waals surface area contributed by atoms with Crippen molar-refractivity contribution in [1.82, 2.24) is 0 Å². The van der Waals surface area contributed by atoms with Crippen LogP contribution in [-0.2, 0) is 4.79 Å². The highest BCUT2D eigenvalue weighted by molar-refractivity contribution is 8.27. The number of nitrogens with zero attached hydrogens (tertiary/aromatic N) is 2. The quantitative estimate of drug-likeness (QED) is 0.532. The Kier molecular flexibility index (Phi) is 6.17. The molecule has 0 bridgehead atoms. The van der Waals surface area contributed by atoms with Crippen molar-refractivity contribution in [3.63, 3.8) is 0 Å². The van der Waals surface area contributed by atoms with Gasteiger partial charge in [-0.05, 0) is 55.0 Å². The lowest BCUT2D eigenvalue weighted by molar-refractivity contribution is -0.113. The highest BCUT2D eigenvalue weighted by atomic mass is 35.5. The Bertz CT molecular complexity index is 959. The third kappa shape index (κ3) is 4.11. The molecule has 0 aromatic heterocycles. The van der Waals surface area contributed by atoms with Gasteiger partial charge in [-0.3, -0.25) is 9.69 Å². The highest BCUT2D eigenvalue weighted by Crippen LogP contribution is 2.39. The van der Waals surface area contributed by atoms with Crippen molar-refractivity contribution in [2.75, 3.05) is 30.5 Å². The van der Waals surface area contributed by atoms with Gasteiger partial charge in [0.2, 0.25) is 0 Å². The maximum atomic E-state index is 12.9. The summed E-state index contributed by atoms with van der Waals surface area (Å²) in [6, 6.07) is 10.8. The number of ether oxygens (including phenoxy) is 1. The molecule has 5 nitrogen and oxygen atoms in total. The standard InChI is InChI=1S/C20H19ClN2O3S2/c1-4-26-16-10-12(9-15(21)18(16)24)11-17-19(25)23(20(27)28-17)14-7-5-13(6-8-14)22(2)3/h5-11,24H,4H2,1-3H3/b17-11-. The fraction of sp³-hybridized carbons (Fsp3) is 0.200. The molecule has 0 atom stereocenters. The zero-order valence-electron chi connectivity index (χ0n) is 15.6. The van der Waals surface area contributed by atoms with Crippen LogP contribution in [0.1, 0.15) is 12.5 Å². The summed E-state index contributed by atoms with van der Waals surface area (Å²) in [6.07, 6.45) is 1.70. The van der Waals surface area contributed by atoms with Crippen LogP contribution in [0.5, 0.6) is 11.5 Å². The van der Waals surface area contributed by atoms with Crippen LogP contribution in [0.25, 0.3) is 6.08 Å². The van der Waals surface area contributed by atoms with E-state index in [-0.39, 0.29) is 22.4 Å². The number of anilines is 2. The zero-order chi connectivity index (χ0) is 20.4. The maximum absolute atomic E-state index is 12.9. The van der Waals surface area contributed by atoms with Crippen molar-refractivity contribution in [3.8, 4) is 11.5 Å². The fourth-order valence-electron chi connectivity index (χ4n) is 2.68. The van der Waals surface area contributed by atoms with Crippen molar-refractivity contribution in [2.45, 2.75) is 6.92 Å². The van der Waals surface area contributed by atoms with Gasteiger partial charge < -0.3 is 14.7 Å². The van der Waals surface area contributed by atoms with Crippen LogP contribution in [0.3, 0.4) is 0 Å². The van der Waals surface area contributed by atoms with Gasteiger partial charge in [0.05, 0.1) is 22.2 Å². The first-order valence-electron chi connectivity index (χ1n) is 8.52. The number of hydrogen-bond acceptors (Lipinski definition) is 6. The summed E-state index contributed by atoms with van der Waals surface area (Å²) in [5.41, 5.74) is 2.40. The van der Waals surface area contributed by atoms with Crippen LogP contribution in [0.15, 0.2) is 41.3 Å². The first-order chi connectivity index (χ1) is 13.3. The Morgan fingerprint density at radius 3 is 2.57 bits per heavy atom. The average molecular weight is 435 g/mol. The van der Waals surface area contributed by atoms with Crippen LogP contribution in [-0.4, -0.2) is 36.0 Å². The molecule has 0 radical (unpaired) electrons. The Morgan fingerprint density at radius 1 is 1.29 bits per heavy atom. The molecular formula is C20H19ClN2O3S2. The topological polar surface area (TPSA) is 53.0 Å². The van der Waals surface area contributed by atoms with E-state index in [1.165, 1.54) is 16.7 Å². The number of rotatable bonds is 5. The van der Waals surface area contributed by atoms with Gasteiger partial charge in [0.25, 0.3) is 5.91 Å². The lowest BCUT2D eigenvalue weighted by Gasteiger charge is -2.17. The van der Waals surface area contributed by atoms with Gasteiger partial charge in [-0.1, -0.05) is 35.6 Å². The van der Waals surface area contributed by atoms with Gasteiger partial charge >= 0.3 is 0 Å². The van der Waals surface area contributed by atoms with Gasteiger partial charge in [0, 0.05) is 19.8 Å². The SMILES string of the molecule is CCOc1cc(/C=C2\SC(=S)N(c3ccc(N(C)C)cc3)C2=O)cc(Cl)c1O. The van der Waals surface area contributed by atoms with E-state index in [1.807, 2.05) is 50.2 Å². The summed E-state index contributed by atoms with van der Waals surface area (Å²) < 4.78 is 5.86. The minimum atomic E-state index is -0.199. The summed E-state index contributed by atoms with van der Waals surface area (Å²) in [5, 5.41) is 10.1. The molecule has 1 aliphatic heterocycles. The average Bonchev–Trinajstić information content (AvgIpc) is 2.93. The van der Waals surface area contributed by atoms with Crippen molar-refractivity contribution in [1.29, 1.82) is 0 Å². The predicted octanol–water partition coefficient (Wildman–Crippen LogP) is 4.92. The van der Waals surface area contributed by atoms with Crippen LogP contribution < -0.4 is 14.5 Å². The number of thiocarbonyl (C=S) groups is 1. The van der Waals surface area contributed by atoms with Crippen LogP contribution in [0, 0.1) is 0 Å². The molecule has 1 heterocycles. The number of aromatic hydroxyl groups is 1. The second-order valence-electron chi connectivity index (χ2n) is 6.21. The molecule has 1 fully saturated rings. The van der Waals surface area contributed by atoms with Crippen LogP contribution in [0.2, 0.25) is 5.02 Å². The number of halogens is 1. The number of thioether (sulfide) groups is 1. The number of hydrogen-bond donors (Lipinski definition) is 1. The number of benzene rings is 2. The third-order valence-electron chi connectivity index (χ3n) is 4.07. The number of carbonyl (C=O) groups excluding carboxylic acids is 1. The first-order valence-corrected chi connectivity index (χ1v) is 10.1. The van der Waals surface area contributed by atoms with E-state index >= 15 is 0 Å². The normalized spacial score (nSPS) is 15.4. The molecule has 2 aromatic rings. The number of carbonyl (C=O) groups is 1. The lowest BCUT2D eigenvalue weighted by atomic mass is 10.1. The van der Waals surface area contributed by atoms with E-state index < -0.39 is 0 Å². The molecule has 1 N–H and O–H groups in total. The summed E-state index contributed by atoms with van der Waals surface area (Å²) in [5.74, 6) is -0.0417. The molecule has 1 saturated heterocycles. The second kappa shape index (κ2) is 8.43. The lowest BCUT2D eigenvalue weighted by Crippen LogP contribution is -2.27. The summed E-state index contributed by atoms with van der Waals surface area (Å²) in [4.78, 5) is 16.9. The van der Waals surface area contributed by atoms with Crippen LogP contribution in [0.4, 0.5) is 11.4 Å². The molecule has 8 heteroatoms. The van der Waals surface area contributed by atoms with Gasteiger partial charge in [-0.2, -0.15) is 0 Å². The van der Waals surface area contributed by atoms with Crippen molar-refractivity contribution >= 4 is 63.3 Å². The summed E-state index contributed by atoms with van der Waals surface area (Å²) in [6.45, 7) is 2.20. The Balaban J connectivity index is 1.91. The number of amides is 1. The third-order valence-corrected chi connectivity index (χ3v) is 5.66. The number of phenolic OH excluding ortho intramolecular Hbond substituents is 1. The predicted molar refractivity (Wildman–Crippen MR) is 121 cm³/mol. The minimum absolute atomic E-state index is 0.116. The molecule has 3 rings (SSSR count). The molecule has 146 valence electrons. The monoisotopic (exact) mass is 434 g/mol. The van der Waals surface area contributed by atoms with Gasteiger partial charge in [0.1, 0.15) is 0 Å². The largest absolute Gasteiger partial charge is 0.503 e. The molecular weight excluding hydrogens is 416 g/mol. The van der Waals surface area contributed by atoms with Gasteiger partial charge in [-0.25, -0.2) is 0 Å².